The molecule has 4 heteroatoms. The molecular weight excluding hydrogens is 178 g/mol. The Labute approximate surface area is 83.8 Å². The van der Waals surface area contributed by atoms with Crippen LogP contribution in [0, 0.1) is 17.2 Å². The molecule has 76 valence electrons. The number of nitriles is 1. The average molecular weight is 193 g/mol. The topological polar surface area (TPSA) is 61.8 Å². The van der Waals surface area contributed by atoms with Crippen molar-refractivity contribution in [2.45, 2.75) is 26.3 Å². The molecule has 0 radical (unpaired) electrons. The van der Waals surface area contributed by atoms with E-state index in [0.717, 1.165) is 5.69 Å². The van der Waals surface area contributed by atoms with Crippen molar-refractivity contribution in [3.8, 4) is 6.07 Å². The van der Waals surface area contributed by atoms with Gasteiger partial charge in [0.15, 0.2) is 0 Å². The molecule has 1 heterocycles. The summed E-state index contributed by atoms with van der Waals surface area (Å²) in [6.45, 7) is 3.99. The first-order valence-corrected chi connectivity index (χ1v) is 4.72. The summed E-state index contributed by atoms with van der Waals surface area (Å²) in [6.07, 6.45) is 2.42. The minimum Gasteiger partial charge on any atom is -0.395 e. The molecule has 4 nitrogen and oxygen atoms in total. The van der Waals surface area contributed by atoms with Crippen LogP contribution >= 0.6 is 0 Å². The molecule has 0 aliphatic rings. The normalized spacial score (nSPS) is 12.8. The standard InChI is InChI=1S/C10H15N3O/c1-8(2)13-4-3-10(12-13)5-9(6-11)7-14/h3-4,8-9,14H,5,7H2,1-2H3. The van der Waals surface area contributed by atoms with Gasteiger partial charge in [-0.1, -0.05) is 0 Å². The smallest absolute Gasteiger partial charge is 0.0750 e. The van der Waals surface area contributed by atoms with Gasteiger partial charge in [-0.2, -0.15) is 10.4 Å². The zero-order valence-corrected chi connectivity index (χ0v) is 8.51. The molecule has 14 heavy (non-hydrogen) atoms. The number of aromatic nitrogens is 2. The van der Waals surface area contributed by atoms with Crippen LogP contribution in [0.25, 0.3) is 0 Å². The second kappa shape index (κ2) is 4.77. The van der Waals surface area contributed by atoms with Crippen LogP contribution < -0.4 is 0 Å². The Morgan fingerprint density at radius 3 is 2.79 bits per heavy atom. The largest absolute Gasteiger partial charge is 0.395 e. The molecule has 0 saturated heterocycles. The summed E-state index contributed by atoms with van der Waals surface area (Å²) in [5.41, 5.74) is 0.860. The molecule has 1 aromatic heterocycles. The van der Waals surface area contributed by atoms with Crippen molar-refractivity contribution in [3.63, 3.8) is 0 Å². The second-order valence-corrected chi connectivity index (χ2v) is 3.59. The van der Waals surface area contributed by atoms with Crippen LogP contribution in [0.4, 0.5) is 0 Å². The fraction of sp³-hybridized carbons (Fsp3) is 0.600. The molecule has 0 amide bonds. The number of hydrogen-bond acceptors (Lipinski definition) is 3. The van der Waals surface area contributed by atoms with Gasteiger partial charge in [-0.3, -0.25) is 4.68 Å². The summed E-state index contributed by atoms with van der Waals surface area (Å²) in [4.78, 5) is 0. The minimum absolute atomic E-state index is 0.106. The van der Waals surface area contributed by atoms with E-state index in [1.807, 2.05) is 36.9 Å². The Kier molecular flexibility index (Phi) is 3.66. The van der Waals surface area contributed by atoms with Crippen molar-refractivity contribution in [2.24, 2.45) is 5.92 Å². The highest BCUT2D eigenvalue weighted by atomic mass is 16.3. The van der Waals surface area contributed by atoms with E-state index < -0.39 is 0 Å². The molecule has 0 spiro atoms. The first-order chi connectivity index (χ1) is 6.67. The highest BCUT2D eigenvalue weighted by Gasteiger charge is 2.09. The zero-order valence-electron chi connectivity index (χ0n) is 8.51. The molecule has 1 N–H and O–H groups in total. The number of nitrogens with zero attached hydrogens (tertiary/aromatic N) is 3. The van der Waals surface area contributed by atoms with Crippen molar-refractivity contribution in [1.82, 2.24) is 9.78 Å². The Balaban J connectivity index is 2.64. The van der Waals surface area contributed by atoms with E-state index in [9.17, 15) is 0 Å². The fourth-order valence-electron chi connectivity index (χ4n) is 1.18. The first-order valence-electron chi connectivity index (χ1n) is 4.72. The summed E-state index contributed by atoms with van der Waals surface area (Å²) in [7, 11) is 0. The zero-order chi connectivity index (χ0) is 10.6. The Hall–Kier alpha value is -1.34. The van der Waals surface area contributed by atoms with E-state index in [-0.39, 0.29) is 12.5 Å². The van der Waals surface area contributed by atoms with Crippen LogP contribution in [0.5, 0.6) is 0 Å². The molecule has 0 aliphatic heterocycles. The average Bonchev–Trinajstić information content (AvgIpc) is 2.62. The predicted octanol–water partition coefficient (Wildman–Crippen LogP) is 1.14. The van der Waals surface area contributed by atoms with Gasteiger partial charge in [0.25, 0.3) is 0 Å². The summed E-state index contributed by atoms with van der Waals surface area (Å²) >= 11 is 0. The van der Waals surface area contributed by atoms with Gasteiger partial charge in [-0.15, -0.1) is 0 Å². The van der Waals surface area contributed by atoms with E-state index in [2.05, 4.69) is 5.10 Å². The molecular formula is C10H15N3O. The maximum atomic E-state index is 8.85. The highest BCUT2D eigenvalue weighted by molar-refractivity contribution is 5.03. The SMILES string of the molecule is CC(C)n1ccc(CC(C#N)CO)n1. The van der Waals surface area contributed by atoms with E-state index in [1.54, 1.807) is 0 Å². The lowest BCUT2D eigenvalue weighted by Gasteiger charge is -2.04. The van der Waals surface area contributed by atoms with Gasteiger partial charge in [0.05, 0.1) is 24.3 Å². The van der Waals surface area contributed by atoms with Crippen LogP contribution in [0.2, 0.25) is 0 Å². The van der Waals surface area contributed by atoms with Crippen molar-refractivity contribution in [1.29, 1.82) is 5.26 Å². The van der Waals surface area contributed by atoms with Gasteiger partial charge in [0.2, 0.25) is 0 Å². The van der Waals surface area contributed by atoms with Gasteiger partial charge in [0.1, 0.15) is 0 Å². The number of aliphatic hydroxyl groups excluding tert-OH is 1. The molecule has 1 atom stereocenters. The molecule has 1 aromatic rings. The van der Waals surface area contributed by atoms with E-state index in [1.165, 1.54) is 0 Å². The molecule has 0 fully saturated rings. The van der Waals surface area contributed by atoms with E-state index in [0.29, 0.717) is 12.5 Å². The van der Waals surface area contributed by atoms with Crippen molar-refractivity contribution < 1.29 is 5.11 Å². The van der Waals surface area contributed by atoms with E-state index in [4.69, 9.17) is 10.4 Å². The predicted molar refractivity (Wildman–Crippen MR) is 52.5 cm³/mol. The third-order valence-electron chi connectivity index (χ3n) is 2.05. The molecule has 0 aromatic carbocycles. The van der Waals surface area contributed by atoms with Crippen LogP contribution in [-0.2, 0) is 6.42 Å². The van der Waals surface area contributed by atoms with Crippen molar-refractivity contribution >= 4 is 0 Å². The molecule has 1 unspecified atom stereocenters. The monoisotopic (exact) mass is 193 g/mol. The number of hydrogen-bond donors (Lipinski definition) is 1. The van der Waals surface area contributed by atoms with Gasteiger partial charge >= 0.3 is 0 Å². The first kappa shape index (κ1) is 10.7. The minimum atomic E-state index is -0.342. The van der Waals surface area contributed by atoms with Crippen LogP contribution in [0.1, 0.15) is 25.6 Å². The maximum Gasteiger partial charge on any atom is 0.0750 e. The van der Waals surface area contributed by atoms with Gasteiger partial charge in [-0.05, 0) is 19.9 Å². The Morgan fingerprint density at radius 1 is 1.64 bits per heavy atom. The van der Waals surface area contributed by atoms with Gasteiger partial charge in [0, 0.05) is 18.7 Å². The fourth-order valence-corrected chi connectivity index (χ4v) is 1.18. The van der Waals surface area contributed by atoms with Gasteiger partial charge in [-0.25, -0.2) is 0 Å². The second-order valence-electron chi connectivity index (χ2n) is 3.59. The lowest BCUT2D eigenvalue weighted by Crippen LogP contribution is -2.08. The van der Waals surface area contributed by atoms with Crippen LogP contribution in [0.15, 0.2) is 12.3 Å². The summed E-state index contributed by atoms with van der Waals surface area (Å²) in [6, 6.07) is 4.26. The van der Waals surface area contributed by atoms with Crippen molar-refractivity contribution in [3.05, 3.63) is 18.0 Å². The third-order valence-corrected chi connectivity index (χ3v) is 2.05. The quantitative estimate of drug-likeness (QED) is 0.780. The number of aliphatic hydroxyl groups is 1. The number of rotatable bonds is 4. The summed E-state index contributed by atoms with van der Waals surface area (Å²) in [5, 5.41) is 21.8. The van der Waals surface area contributed by atoms with E-state index >= 15 is 0 Å². The molecule has 0 bridgehead atoms. The molecule has 0 aliphatic carbocycles. The van der Waals surface area contributed by atoms with Crippen LogP contribution in [-0.4, -0.2) is 21.5 Å². The molecule has 0 saturated carbocycles. The molecule has 1 rings (SSSR count). The lowest BCUT2D eigenvalue weighted by atomic mass is 10.1. The third kappa shape index (κ3) is 2.57. The Morgan fingerprint density at radius 2 is 2.36 bits per heavy atom. The highest BCUT2D eigenvalue weighted by Crippen LogP contribution is 2.08. The Bertz CT molecular complexity index is 324. The summed E-state index contributed by atoms with van der Waals surface area (Å²) in [5.74, 6) is -0.342. The lowest BCUT2D eigenvalue weighted by molar-refractivity contribution is 0.254. The van der Waals surface area contributed by atoms with Gasteiger partial charge < -0.3 is 5.11 Å². The summed E-state index contributed by atoms with van der Waals surface area (Å²) < 4.78 is 1.85. The van der Waals surface area contributed by atoms with Crippen molar-refractivity contribution in [2.75, 3.05) is 6.61 Å². The van der Waals surface area contributed by atoms with Crippen LogP contribution in [0.3, 0.4) is 0 Å². The maximum absolute atomic E-state index is 8.85.